The maximum atomic E-state index is 7.27. The average Bonchev–Trinajstić information content (AvgIpc) is 2.35. The van der Waals surface area contributed by atoms with Crippen molar-refractivity contribution in [3.63, 3.8) is 0 Å². The van der Waals surface area contributed by atoms with Crippen LogP contribution in [0.15, 0.2) is 18.5 Å². The molecule has 0 spiro atoms. The summed E-state index contributed by atoms with van der Waals surface area (Å²) in [6.07, 6.45) is 3.91. The van der Waals surface area contributed by atoms with Crippen LogP contribution in [-0.4, -0.2) is 42.5 Å². The first-order chi connectivity index (χ1) is 8.63. The molecule has 0 amide bonds. The molecule has 0 aliphatic rings. The maximum absolute atomic E-state index is 7.27. The van der Waals surface area contributed by atoms with Crippen LogP contribution in [0.3, 0.4) is 0 Å². The van der Waals surface area contributed by atoms with Gasteiger partial charge in [-0.3, -0.25) is 15.3 Å². The second-order valence-electron chi connectivity index (χ2n) is 4.01. The Hall–Kier alpha value is -1.17. The highest BCUT2D eigenvalue weighted by molar-refractivity contribution is 6.31. The molecular formula is C12H19ClN4O. The van der Waals surface area contributed by atoms with E-state index in [1.54, 1.807) is 19.5 Å². The van der Waals surface area contributed by atoms with E-state index in [0.717, 1.165) is 18.7 Å². The number of aromatic nitrogens is 1. The highest BCUT2D eigenvalue weighted by Gasteiger charge is 2.09. The van der Waals surface area contributed by atoms with Crippen molar-refractivity contribution in [3.05, 3.63) is 29.0 Å². The summed E-state index contributed by atoms with van der Waals surface area (Å²) < 4.78 is 5.08. The number of hydrogen-bond donors (Lipinski definition) is 2. The van der Waals surface area contributed by atoms with Gasteiger partial charge in [0.25, 0.3) is 0 Å². The Balaban J connectivity index is 2.59. The van der Waals surface area contributed by atoms with Crippen LogP contribution in [-0.2, 0) is 11.3 Å². The van der Waals surface area contributed by atoms with Gasteiger partial charge in [0.2, 0.25) is 0 Å². The standard InChI is InChI=1S/C12H19ClN4O/c1-18-7-6-17(5-3-12(14)15)9-10-2-4-16-8-11(10)13/h2,4,8H,3,5-7,9H2,1H3,(H3,14,15). The average molecular weight is 271 g/mol. The van der Waals surface area contributed by atoms with Crippen LogP contribution < -0.4 is 5.73 Å². The fourth-order valence-electron chi connectivity index (χ4n) is 1.54. The van der Waals surface area contributed by atoms with Crippen LogP contribution in [0, 0.1) is 5.41 Å². The highest BCUT2D eigenvalue weighted by Crippen LogP contribution is 2.15. The van der Waals surface area contributed by atoms with Crippen molar-refractivity contribution in [1.82, 2.24) is 9.88 Å². The molecule has 0 saturated heterocycles. The van der Waals surface area contributed by atoms with E-state index >= 15 is 0 Å². The molecule has 0 unspecified atom stereocenters. The Bertz CT molecular complexity index is 386. The Kier molecular flexibility index (Phi) is 6.64. The molecule has 0 atom stereocenters. The predicted molar refractivity (Wildman–Crippen MR) is 72.9 cm³/mol. The zero-order valence-electron chi connectivity index (χ0n) is 10.5. The zero-order valence-corrected chi connectivity index (χ0v) is 11.3. The summed E-state index contributed by atoms with van der Waals surface area (Å²) in [7, 11) is 1.67. The number of rotatable bonds is 8. The summed E-state index contributed by atoms with van der Waals surface area (Å²) in [5.74, 6) is 0.193. The Labute approximate surface area is 112 Å². The Morgan fingerprint density at radius 2 is 2.33 bits per heavy atom. The molecule has 5 nitrogen and oxygen atoms in total. The smallest absolute Gasteiger partial charge is 0.0918 e. The summed E-state index contributed by atoms with van der Waals surface area (Å²) in [5, 5.41) is 7.93. The third-order valence-electron chi connectivity index (χ3n) is 2.56. The minimum absolute atomic E-state index is 0.193. The summed E-state index contributed by atoms with van der Waals surface area (Å²) in [4.78, 5) is 6.12. The molecule has 0 aromatic carbocycles. The summed E-state index contributed by atoms with van der Waals surface area (Å²) in [6, 6.07) is 1.90. The molecule has 6 heteroatoms. The number of amidine groups is 1. The van der Waals surface area contributed by atoms with Crippen molar-refractivity contribution < 1.29 is 4.74 Å². The molecule has 1 heterocycles. The Morgan fingerprint density at radius 1 is 1.56 bits per heavy atom. The van der Waals surface area contributed by atoms with Crippen molar-refractivity contribution in [1.29, 1.82) is 5.41 Å². The van der Waals surface area contributed by atoms with Gasteiger partial charge in [-0.05, 0) is 11.6 Å². The summed E-state index contributed by atoms with van der Waals surface area (Å²) >= 11 is 6.08. The second kappa shape index (κ2) is 8.02. The van der Waals surface area contributed by atoms with Gasteiger partial charge in [0.05, 0.1) is 17.5 Å². The fraction of sp³-hybridized carbons (Fsp3) is 0.500. The summed E-state index contributed by atoms with van der Waals surface area (Å²) in [5.41, 5.74) is 6.40. The van der Waals surface area contributed by atoms with Gasteiger partial charge in [0.1, 0.15) is 0 Å². The van der Waals surface area contributed by atoms with Gasteiger partial charge in [-0.25, -0.2) is 0 Å². The lowest BCUT2D eigenvalue weighted by Gasteiger charge is -2.22. The van der Waals surface area contributed by atoms with Gasteiger partial charge in [-0.15, -0.1) is 0 Å². The van der Waals surface area contributed by atoms with E-state index in [-0.39, 0.29) is 5.84 Å². The van der Waals surface area contributed by atoms with Gasteiger partial charge in [-0.2, -0.15) is 0 Å². The van der Waals surface area contributed by atoms with Crippen molar-refractivity contribution >= 4 is 17.4 Å². The van der Waals surface area contributed by atoms with E-state index in [1.807, 2.05) is 6.07 Å². The van der Waals surface area contributed by atoms with Crippen molar-refractivity contribution in [2.45, 2.75) is 13.0 Å². The largest absolute Gasteiger partial charge is 0.388 e. The number of nitrogens with two attached hydrogens (primary N) is 1. The molecule has 0 aliphatic carbocycles. The molecule has 1 aromatic rings. The van der Waals surface area contributed by atoms with Crippen LogP contribution in [0.2, 0.25) is 5.02 Å². The van der Waals surface area contributed by atoms with Gasteiger partial charge in [-0.1, -0.05) is 11.6 Å². The normalized spacial score (nSPS) is 10.8. The van der Waals surface area contributed by atoms with Gasteiger partial charge >= 0.3 is 0 Å². The number of ether oxygens (including phenoxy) is 1. The monoisotopic (exact) mass is 270 g/mol. The molecular weight excluding hydrogens is 252 g/mol. The van der Waals surface area contributed by atoms with Crippen molar-refractivity contribution in [2.75, 3.05) is 26.8 Å². The van der Waals surface area contributed by atoms with Crippen LogP contribution in [0.1, 0.15) is 12.0 Å². The van der Waals surface area contributed by atoms with Gasteiger partial charge < -0.3 is 10.5 Å². The minimum atomic E-state index is 0.193. The van der Waals surface area contributed by atoms with Crippen molar-refractivity contribution in [3.8, 4) is 0 Å². The number of hydrogen-bond acceptors (Lipinski definition) is 4. The van der Waals surface area contributed by atoms with Crippen LogP contribution in [0.5, 0.6) is 0 Å². The molecule has 1 rings (SSSR count). The van der Waals surface area contributed by atoms with Gasteiger partial charge in [0, 0.05) is 45.6 Å². The lowest BCUT2D eigenvalue weighted by molar-refractivity contribution is 0.145. The van der Waals surface area contributed by atoms with Gasteiger partial charge in [0.15, 0.2) is 0 Å². The predicted octanol–water partition coefficient (Wildman–Crippen LogP) is 1.51. The first-order valence-electron chi connectivity index (χ1n) is 5.76. The molecule has 1 aromatic heterocycles. The molecule has 0 aliphatic heterocycles. The van der Waals surface area contributed by atoms with Crippen LogP contribution in [0.25, 0.3) is 0 Å². The fourth-order valence-corrected chi connectivity index (χ4v) is 1.72. The first-order valence-corrected chi connectivity index (χ1v) is 6.14. The van der Waals surface area contributed by atoms with E-state index in [9.17, 15) is 0 Å². The Morgan fingerprint density at radius 3 is 2.94 bits per heavy atom. The molecule has 3 N–H and O–H groups in total. The zero-order chi connectivity index (χ0) is 13.4. The SMILES string of the molecule is COCCN(CCC(=N)N)Cc1ccncc1Cl. The van der Waals surface area contributed by atoms with E-state index in [2.05, 4.69) is 9.88 Å². The number of halogens is 1. The lowest BCUT2D eigenvalue weighted by Crippen LogP contribution is -2.30. The number of pyridine rings is 1. The number of nitrogens with one attached hydrogen (secondary N) is 1. The third kappa shape index (κ3) is 5.44. The highest BCUT2D eigenvalue weighted by atomic mass is 35.5. The molecule has 100 valence electrons. The van der Waals surface area contributed by atoms with E-state index in [1.165, 1.54) is 0 Å². The molecule has 0 radical (unpaired) electrons. The number of methoxy groups -OCH3 is 1. The second-order valence-corrected chi connectivity index (χ2v) is 4.42. The van der Waals surface area contributed by atoms with Crippen LogP contribution >= 0.6 is 11.6 Å². The lowest BCUT2D eigenvalue weighted by atomic mass is 10.2. The minimum Gasteiger partial charge on any atom is -0.388 e. The molecule has 0 fully saturated rings. The van der Waals surface area contributed by atoms with E-state index in [4.69, 9.17) is 27.5 Å². The summed E-state index contributed by atoms with van der Waals surface area (Å²) in [6.45, 7) is 2.85. The molecule has 18 heavy (non-hydrogen) atoms. The van der Waals surface area contributed by atoms with Crippen molar-refractivity contribution in [2.24, 2.45) is 5.73 Å². The molecule has 0 bridgehead atoms. The number of nitrogens with zero attached hydrogens (tertiary/aromatic N) is 2. The molecule has 0 saturated carbocycles. The van der Waals surface area contributed by atoms with E-state index in [0.29, 0.717) is 24.6 Å². The maximum Gasteiger partial charge on any atom is 0.0918 e. The quantitative estimate of drug-likeness (QED) is 0.555. The first kappa shape index (κ1) is 14.9. The van der Waals surface area contributed by atoms with E-state index < -0.39 is 0 Å². The third-order valence-corrected chi connectivity index (χ3v) is 2.90. The van der Waals surface area contributed by atoms with Crippen LogP contribution in [0.4, 0.5) is 0 Å². The topological polar surface area (TPSA) is 75.2 Å².